The summed E-state index contributed by atoms with van der Waals surface area (Å²) in [7, 11) is 0. The van der Waals surface area contributed by atoms with Gasteiger partial charge in [0.25, 0.3) is 17.6 Å². The van der Waals surface area contributed by atoms with E-state index >= 15 is 0 Å². The van der Waals surface area contributed by atoms with Crippen molar-refractivity contribution in [1.29, 1.82) is 15.8 Å². The van der Waals surface area contributed by atoms with E-state index < -0.39 is 0 Å². The number of nitriles is 3. The average molecular weight is 568 g/mol. The fourth-order valence-electron chi connectivity index (χ4n) is 4.33. The number of fused-ring (bicyclic) bond motifs is 6. The zero-order valence-corrected chi connectivity index (χ0v) is 24.2. The van der Waals surface area contributed by atoms with Crippen molar-refractivity contribution in [1.82, 2.24) is 29.9 Å². The van der Waals surface area contributed by atoms with Gasteiger partial charge in [-0.15, -0.1) is 0 Å². The Kier molecular flexibility index (Phi) is 10.5. The van der Waals surface area contributed by atoms with Gasteiger partial charge in [-0.3, -0.25) is 0 Å². The second-order valence-electron chi connectivity index (χ2n) is 9.73. The molecule has 0 radical (unpaired) electrons. The molecule has 0 unspecified atom stereocenters. The SMILES string of the molecule is CCCCCOc1nc2c(nc1C#N)c1nc(OCCCCC)c(C#N)nc1c1nc(OCCCCC)c(C#N)nc21. The molecule has 4 aromatic rings. The first-order valence-electron chi connectivity index (χ1n) is 14.5. The van der Waals surface area contributed by atoms with Crippen molar-refractivity contribution in [2.45, 2.75) is 78.6 Å². The van der Waals surface area contributed by atoms with Gasteiger partial charge in [0.1, 0.15) is 51.3 Å². The predicted octanol–water partition coefficient (Wildman–Crippen LogP) is 5.84. The van der Waals surface area contributed by atoms with Crippen molar-refractivity contribution < 1.29 is 14.2 Å². The van der Waals surface area contributed by atoms with Gasteiger partial charge in [-0.05, 0) is 19.3 Å². The van der Waals surface area contributed by atoms with Crippen LogP contribution in [-0.4, -0.2) is 49.7 Å². The van der Waals surface area contributed by atoms with Gasteiger partial charge in [-0.2, -0.15) is 15.8 Å². The molecule has 216 valence electrons. The van der Waals surface area contributed by atoms with E-state index in [1.165, 1.54) is 0 Å². The van der Waals surface area contributed by atoms with E-state index in [0.717, 1.165) is 57.8 Å². The lowest BCUT2D eigenvalue weighted by Gasteiger charge is -2.13. The number of rotatable bonds is 15. The topological polar surface area (TPSA) is 176 Å². The molecule has 0 saturated heterocycles. The molecule has 4 rings (SSSR count). The van der Waals surface area contributed by atoms with E-state index in [4.69, 9.17) is 14.2 Å². The van der Waals surface area contributed by atoms with E-state index in [1.54, 1.807) is 0 Å². The van der Waals surface area contributed by atoms with Crippen LogP contribution >= 0.6 is 0 Å². The van der Waals surface area contributed by atoms with Crippen molar-refractivity contribution >= 4 is 33.1 Å². The summed E-state index contributed by atoms with van der Waals surface area (Å²) in [5.74, 6) is 0.166. The molecule has 3 aromatic heterocycles. The standard InChI is InChI=1S/C30H33N9O3/c1-4-7-10-13-40-28-19(16-31)34-22-25(37-28)23-27(39-29(20(17-32)35-23)41-14-11-8-5-2)24-26(22)38-30(21(18-33)36-24)42-15-12-9-6-3/h4-15H2,1-3H3. The highest BCUT2D eigenvalue weighted by Crippen LogP contribution is 2.34. The number of benzene rings is 1. The van der Waals surface area contributed by atoms with Crippen molar-refractivity contribution in [2.75, 3.05) is 19.8 Å². The lowest BCUT2D eigenvalue weighted by Crippen LogP contribution is -2.08. The molecule has 0 bridgehead atoms. The van der Waals surface area contributed by atoms with Crippen LogP contribution in [0.3, 0.4) is 0 Å². The third-order valence-corrected chi connectivity index (χ3v) is 6.54. The molecule has 0 aliphatic carbocycles. The maximum atomic E-state index is 9.88. The van der Waals surface area contributed by atoms with Crippen LogP contribution in [0.5, 0.6) is 17.6 Å². The van der Waals surface area contributed by atoms with Crippen LogP contribution in [0, 0.1) is 34.0 Å². The number of aromatic nitrogens is 6. The fraction of sp³-hybridized carbons (Fsp3) is 0.500. The highest BCUT2D eigenvalue weighted by atomic mass is 16.5. The molecule has 3 heterocycles. The van der Waals surface area contributed by atoms with E-state index in [9.17, 15) is 15.8 Å². The summed E-state index contributed by atoms with van der Waals surface area (Å²) in [5, 5.41) is 29.7. The molecule has 0 fully saturated rings. The summed E-state index contributed by atoms with van der Waals surface area (Å²) in [5.41, 5.74) is 1.25. The minimum atomic E-state index is -0.0273. The highest BCUT2D eigenvalue weighted by molar-refractivity contribution is 6.18. The third kappa shape index (κ3) is 6.53. The molecule has 12 heteroatoms. The van der Waals surface area contributed by atoms with Crippen LogP contribution in [-0.2, 0) is 0 Å². The first kappa shape index (κ1) is 30.1. The average Bonchev–Trinajstić information content (AvgIpc) is 3.02. The molecule has 0 N–H and O–H groups in total. The minimum absolute atomic E-state index is 0.0273. The predicted molar refractivity (Wildman–Crippen MR) is 155 cm³/mol. The lowest BCUT2D eigenvalue weighted by molar-refractivity contribution is 0.293. The van der Waals surface area contributed by atoms with Gasteiger partial charge >= 0.3 is 0 Å². The van der Waals surface area contributed by atoms with Gasteiger partial charge in [0, 0.05) is 0 Å². The summed E-state index contributed by atoms with van der Waals surface area (Å²) in [6.07, 6.45) is 8.29. The zero-order chi connectivity index (χ0) is 29.9. The molecule has 12 nitrogen and oxygen atoms in total. The minimum Gasteiger partial charge on any atom is -0.476 e. The summed E-state index contributed by atoms with van der Waals surface area (Å²) >= 11 is 0. The maximum absolute atomic E-state index is 9.88. The molecular weight excluding hydrogens is 534 g/mol. The Morgan fingerprint density at radius 3 is 0.929 bits per heavy atom. The summed E-state index contributed by atoms with van der Waals surface area (Å²) < 4.78 is 17.6. The molecule has 0 aliphatic heterocycles. The smallest absolute Gasteiger partial charge is 0.251 e. The number of hydrogen-bond acceptors (Lipinski definition) is 12. The lowest BCUT2D eigenvalue weighted by atomic mass is 10.1. The second kappa shape index (κ2) is 14.7. The Balaban J connectivity index is 1.99. The van der Waals surface area contributed by atoms with Gasteiger partial charge in [0.15, 0.2) is 0 Å². The molecule has 0 amide bonds. The van der Waals surface area contributed by atoms with E-state index in [-0.39, 0.29) is 67.8 Å². The van der Waals surface area contributed by atoms with Gasteiger partial charge in [0.05, 0.1) is 19.8 Å². The Morgan fingerprint density at radius 1 is 0.429 bits per heavy atom. The van der Waals surface area contributed by atoms with Crippen molar-refractivity contribution in [3.8, 4) is 35.8 Å². The highest BCUT2D eigenvalue weighted by Gasteiger charge is 2.24. The Morgan fingerprint density at radius 2 is 0.690 bits per heavy atom. The van der Waals surface area contributed by atoms with Gasteiger partial charge in [-0.25, -0.2) is 29.9 Å². The Hall–Kier alpha value is -4.89. The van der Waals surface area contributed by atoms with Crippen molar-refractivity contribution in [2.24, 2.45) is 0 Å². The third-order valence-electron chi connectivity index (χ3n) is 6.54. The van der Waals surface area contributed by atoms with Crippen molar-refractivity contribution in [3.63, 3.8) is 0 Å². The van der Waals surface area contributed by atoms with Crippen LogP contribution in [0.25, 0.3) is 33.1 Å². The van der Waals surface area contributed by atoms with Crippen LogP contribution < -0.4 is 14.2 Å². The fourth-order valence-corrected chi connectivity index (χ4v) is 4.33. The Bertz CT molecular complexity index is 1470. The molecule has 0 saturated carbocycles. The van der Waals surface area contributed by atoms with Crippen molar-refractivity contribution in [3.05, 3.63) is 17.1 Å². The summed E-state index contributed by atoms with van der Waals surface area (Å²) in [6, 6.07) is 6.16. The Labute approximate surface area is 244 Å². The molecular formula is C30H33N9O3. The van der Waals surface area contributed by atoms with E-state index in [1.807, 2.05) is 0 Å². The quantitative estimate of drug-likeness (QED) is 0.124. The second-order valence-corrected chi connectivity index (χ2v) is 9.73. The van der Waals surface area contributed by atoms with Crippen LogP contribution in [0.1, 0.15) is 95.6 Å². The summed E-state index contributed by atoms with van der Waals surface area (Å²) in [6.45, 7) is 7.34. The number of unbranched alkanes of at least 4 members (excludes halogenated alkanes) is 6. The largest absolute Gasteiger partial charge is 0.476 e. The first-order valence-corrected chi connectivity index (χ1v) is 14.5. The summed E-state index contributed by atoms with van der Waals surface area (Å²) in [4.78, 5) is 27.6. The number of nitrogens with zero attached hydrogens (tertiary/aromatic N) is 9. The molecule has 42 heavy (non-hydrogen) atoms. The van der Waals surface area contributed by atoms with Gasteiger partial charge in [-0.1, -0.05) is 59.3 Å². The zero-order valence-electron chi connectivity index (χ0n) is 24.2. The van der Waals surface area contributed by atoms with Crippen LogP contribution in [0.4, 0.5) is 0 Å². The molecule has 1 aromatic carbocycles. The molecule has 0 spiro atoms. The molecule has 0 aliphatic rings. The van der Waals surface area contributed by atoms with E-state index in [2.05, 4.69) is 68.9 Å². The van der Waals surface area contributed by atoms with Crippen LogP contribution in [0.15, 0.2) is 0 Å². The van der Waals surface area contributed by atoms with Crippen LogP contribution in [0.2, 0.25) is 0 Å². The van der Waals surface area contributed by atoms with Gasteiger partial charge in [0.2, 0.25) is 17.1 Å². The normalized spacial score (nSPS) is 10.9. The maximum Gasteiger partial charge on any atom is 0.251 e. The number of ether oxygens (including phenoxy) is 3. The molecule has 0 atom stereocenters. The number of hydrogen-bond donors (Lipinski definition) is 0. The van der Waals surface area contributed by atoms with Gasteiger partial charge < -0.3 is 14.2 Å². The monoisotopic (exact) mass is 567 g/mol. The van der Waals surface area contributed by atoms with E-state index in [0.29, 0.717) is 19.8 Å². The first-order chi connectivity index (χ1) is 20.6.